The summed E-state index contributed by atoms with van der Waals surface area (Å²) in [7, 11) is 0. The van der Waals surface area contributed by atoms with Gasteiger partial charge in [0.25, 0.3) is 5.91 Å². The lowest BCUT2D eigenvalue weighted by Crippen LogP contribution is -2.34. The zero-order valence-electron chi connectivity index (χ0n) is 12.4. The standard InChI is InChI=1S/C17H14N4O2/c1-12(23-14-8-6-13(10-18)7-9-14)17(22)20-21-11-19-15-4-2-3-5-16(15)21/h2-9,11-12H,1H3,(H,20,22). The topological polar surface area (TPSA) is 79.9 Å². The number of rotatable bonds is 4. The number of fused-ring (bicyclic) bond motifs is 1. The zero-order valence-corrected chi connectivity index (χ0v) is 12.4. The lowest BCUT2D eigenvalue weighted by Gasteiger charge is -2.15. The van der Waals surface area contributed by atoms with E-state index in [1.807, 2.05) is 30.3 Å². The van der Waals surface area contributed by atoms with Crippen molar-refractivity contribution in [3.8, 4) is 11.8 Å². The molecule has 1 amide bonds. The number of imidazole rings is 1. The molecule has 6 nitrogen and oxygen atoms in total. The van der Waals surface area contributed by atoms with E-state index in [2.05, 4.69) is 10.4 Å². The van der Waals surface area contributed by atoms with Gasteiger partial charge in [-0.1, -0.05) is 12.1 Å². The van der Waals surface area contributed by atoms with Crippen molar-refractivity contribution in [3.63, 3.8) is 0 Å². The number of ether oxygens (including phenoxy) is 1. The van der Waals surface area contributed by atoms with Gasteiger partial charge in [-0.2, -0.15) is 5.26 Å². The Labute approximate surface area is 132 Å². The number of hydrogen-bond acceptors (Lipinski definition) is 4. The quantitative estimate of drug-likeness (QED) is 0.803. The Hall–Kier alpha value is -3.33. The number of aromatic nitrogens is 2. The van der Waals surface area contributed by atoms with E-state index in [0.717, 1.165) is 11.0 Å². The number of carbonyl (C=O) groups is 1. The van der Waals surface area contributed by atoms with Crippen LogP contribution in [0, 0.1) is 11.3 Å². The van der Waals surface area contributed by atoms with Crippen LogP contribution in [0.15, 0.2) is 54.9 Å². The molecular weight excluding hydrogens is 292 g/mol. The van der Waals surface area contributed by atoms with Crippen molar-refractivity contribution in [1.29, 1.82) is 5.26 Å². The monoisotopic (exact) mass is 306 g/mol. The van der Waals surface area contributed by atoms with Gasteiger partial charge in [-0.25, -0.2) is 9.66 Å². The Kier molecular flexibility index (Phi) is 3.93. The summed E-state index contributed by atoms with van der Waals surface area (Å²) in [5, 5.41) is 8.77. The fourth-order valence-electron chi connectivity index (χ4n) is 2.12. The van der Waals surface area contributed by atoms with Gasteiger partial charge in [-0.3, -0.25) is 10.2 Å². The molecule has 0 bridgehead atoms. The molecule has 6 heteroatoms. The summed E-state index contributed by atoms with van der Waals surface area (Å²) in [5.41, 5.74) is 4.90. The summed E-state index contributed by atoms with van der Waals surface area (Å²) in [4.78, 5) is 16.5. The Morgan fingerprint density at radius 2 is 2.00 bits per heavy atom. The Morgan fingerprint density at radius 1 is 1.26 bits per heavy atom. The van der Waals surface area contributed by atoms with Crippen LogP contribution in [0.4, 0.5) is 0 Å². The third-order valence-corrected chi connectivity index (χ3v) is 3.35. The molecule has 1 unspecified atom stereocenters. The largest absolute Gasteiger partial charge is 0.481 e. The minimum absolute atomic E-state index is 0.294. The van der Waals surface area contributed by atoms with Crippen LogP contribution in [0.1, 0.15) is 12.5 Å². The molecule has 3 rings (SSSR count). The number of nitrogens with zero attached hydrogens (tertiary/aromatic N) is 3. The molecule has 0 fully saturated rings. The predicted molar refractivity (Wildman–Crippen MR) is 85.3 cm³/mol. The summed E-state index contributed by atoms with van der Waals surface area (Å²) in [6.07, 6.45) is 0.862. The number of nitriles is 1. The van der Waals surface area contributed by atoms with Gasteiger partial charge in [0.2, 0.25) is 0 Å². The molecule has 2 aromatic carbocycles. The summed E-state index contributed by atoms with van der Waals surface area (Å²) >= 11 is 0. The van der Waals surface area contributed by atoms with E-state index >= 15 is 0 Å². The third-order valence-electron chi connectivity index (χ3n) is 3.35. The zero-order chi connectivity index (χ0) is 16.2. The van der Waals surface area contributed by atoms with E-state index in [9.17, 15) is 4.79 Å². The third kappa shape index (κ3) is 3.14. The molecule has 23 heavy (non-hydrogen) atoms. The van der Waals surface area contributed by atoms with Gasteiger partial charge in [-0.15, -0.1) is 0 Å². The smallest absolute Gasteiger partial charge is 0.279 e. The highest BCUT2D eigenvalue weighted by atomic mass is 16.5. The van der Waals surface area contributed by atoms with Crippen molar-refractivity contribution in [1.82, 2.24) is 9.66 Å². The summed E-state index contributed by atoms with van der Waals surface area (Å²) in [5.74, 6) is 0.236. The van der Waals surface area contributed by atoms with Crippen LogP contribution >= 0.6 is 0 Å². The lowest BCUT2D eigenvalue weighted by atomic mass is 10.2. The minimum atomic E-state index is -0.691. The predicted octanol–water partition coefficient (Wildman–Crippen LogP) is 2.45. The molecule has 114 valence electrons. The van der Waals surface area contributed by atoms with Gasteiger partial charge < -0.3 is 4.74 Å². The molecule has 1 aromatic heterocycles. The Morgan fingerprint density at radius 3 is 2.74 bits per heavy atom. The van der Waals surface area contributed by atoms with Crippen LogP contribution in [-0.4, -0.2) is 21.7 Å². The molecule has 0 spiro atoms. The van der Waals surface area contributed by atoms with E-state index < -0.39 is 6.10 Å². The molecule has 1 N–H and O–H groups in total. The van der Waals surface area contributed by atoms with Crippen molar-refractivity contribution < 1.29 is 9.53 Å². The summed E-state index contributed by atoms with van der Waals surface area (Å²) in [6, 6.07) is 16.1. The minimum Gasteiger partial charge on any atom is -0.481 e. The highest BCUT2D eigenvalue weighted by Gasteiger charge is 2.16. The van der Waals surface area contributed by atoms with E-state index in [-0.39, 0.29) is 5.91 Å². The van der Waals surface area contributed by atoms with Crippen molar-refractivity contribution >= 4 is 16.9 Å². The second-order valence-corrected chi connectivity index (χ2v) is 4.98. The van der Waals surface area contributed by atoms with E-state index in [1.165, 1.54) is 0 Å². The van der Waals surface area contributed by atoms with Gasteiger partial charge in [0.15, 0.2) is 6.10 Å². The van der Waals surface area contributed by atoms with Crippen LogP contribution in [0.2, 0.25) is 0 Å². The Balaban J connectivity index is 1.68. The van der Waals surface area contributed by atoms with Gasteiger partial charge in [0.1, 0.15) is 12.1 Å². The fraction of sp³-hybridized carbons (Fsp3) is 0.118. The van der Waals surface area contributed by atoms with Gasteiger partial charge in [-0.05, 0) is 43.3 Å². The van der Waals surface area contributed by atoms with Crippen LogP contribution < -0.4 is 10.2 Å². The van der Waals surface area contributed by atoms with E-state index in [4.69, 9.17) is 10.00 Å². The maximum absolute atomic E-state index is 12.2. The first-order valence-corrected chi connectivity index (χ1v) is 7.07. The first kappa shape index (κ1) is 14.6. The normalized spacial score (nSPS) is 11.7. The average Bonchev–Trinajstić information content (AvgIpc) is 2.98. The number of nitrogens with one attached hydrogen (secondary N) is 1. The van der Waals surface area contributed by atoms with Crippen molar-refractivity contribution in [2.24, 2.45) is 0 Å². The summed E-state index contributed by atoms with van der Waals surface area (Å²) in [6.45, 7) is 1.66. The van der Waals surface area contributed by atoms with Crippen molar-refractivity contribution in [3.05, 3.63) is 60.4 Å². The number of amides is 1. The Bertz CT molecular complexity index is 877. The molecule has 0 aliphatic rings. The second kappa shape index (κ2) is 6.20. The number of benzene rings is 2. The highest BCUT2D eigenvalue weighted by molar-refractivity contribution is 5.89. The fourth-order valence-corrected chi connectivity index (χ4v) is 2.12. The molecule has 1 heterocycles. The molecular formula is C17H14N4O2. The molecule has 0 aliphatic carbocycles. The lowest BCUT2D eigenvalue weighted by molar-refractivity contribution is -0.122. The molecule has 3 aromatic rings. The van der Waals surface area contributed by atoms with Gasteiger partial charge in [0.05, 0.1) is 22.7 Å². The molecule has 0 radical (unpaired) electrons. The van der Waals surface area contributed by atoms with Crippen LogP contribution in [0.25, 0.3) is 11.0 Å². The average molecular weight is 306 g/mol. The first-order chi connectivity index (χ1) is 11.2. The highest BCUT2D eigenvalue weighted by Crippen LogP contribution is 2.14. The first-order valence-electron chi connectivity index (χ1n) is 7.07. The van der Waals surface area contributed by atoms with E-state index in [0.29, 0.717) is 11.3 Å². The SMILES string of the molecule is CC(Oc1ccc(C#N)cc1)C(=O)Nn1cnc2ccccc21. The maximum atomic E-state index is 12.2. The molecule has 1 atom stereocenters. The molecule has 0 saturated carbocycles. The van der Waals surface area contributed by atoms with Gasteiger partial charge in [0, 0.05) is 0 Å². The molecule has 0 aliphatic heterocycles. The maximum Gasteiger partial charge on any atom is 0.279 e. The number of carbonyl (C=O) groups excluding carboxylic acids is 1. The van der Waals surface area contributed by atoms with Crippen LogP contribution in [0.5, 0.6) is 5.75 Å². The van der Waals surface area contributed by atoms with Crippen molar-refractivity contribution in [2.75, 3.05) is 5.43 Å². The van der Waals surface area contributed by atoms with Crippen LogP contribution in [-0.2, 0) is 4.79 Å². The molecule has 0 saturated heterocycles. The number of para-hydroxylation sites is 2. The number of hydrogen-bond donors (Lipinski definition) is 1. The van der Waals surface area contributed by atoms with E-state index in [1.54, 1.807) is 42.2 Å². The van der Waals surface area contributed by atoms with Crippen LogP contribution in [0.3, 0.4) is 0 Å². The van der Waals surface area contributed by atoms with Gasteiger partial charge >= 0.3 is 0 Å². The second-order valence-electron chi connectivity index (χ2n) is 4.98. The summed E-state index contributed by atoms with van der Waals surface area (Å²) < 4.78 is 7.15. The van der Waals surface area contributed by atoms with Crippen molar-refractivity contribution in [2.45, 2.75) is 13.0 Å².